The van der Waals surface area contributed by atoms with Crippen LogP contribution in [-0.2, 0) is 17.9 Å². The molecule has 3 aromatic rings. The molecule has 2 N–H and O–H groups in total. The highest BCUT2D eigenvalue weighted by molar-refractivity contribution is 5.77. The first-order valence-electron chi connectivity index (χ1n) is 8.77. The Morgan fingerprint density at radius 2 is 2.07 bits per heavy atom. The number of aliphatic hydroxyl groups is 1. The number of alkyl carbamates (subject to hydrolysis) is 1. The molecule has 0 radical (unpaired) electrons. The van der Waals surface area contributed by atoms with Crippen LogP contribution in [0.4, 0.5) is 4.79 Å². The van der Waals surface area contributed by atoms with Crippen LogP contribution in [0.2, 0.25) is 0 Å². The first-order valence-corrected chi connectivity index (χ1v) is 8.77. The van der Waals surface area contributed by atoms with E-state index >= 15 is 0 Å². The van der Waals surface area contributed by atoms with Gasteiger partial charge in [-0.3, -0.25) is 0 Å². The number of nitrogens with zero attached hydrogens (tertiary/aromatic N) is 3. The van der Waals surface area contributed by atoms with Gasteiger partial charge < -0.3 is 15.2 Å². The molecular formula is C20H24N4O3. The summed E-state index contributed by atoms with van der Waals surface area (Å²) in [7, 11) is 0. The first kappa shape index (κ1) is 18.8. The Hall–Kier alpha value is -2.93. The summed E-state index contributed by atoms with van der Waals surface area (Å²) in [5.41, 5.74) is 4.87. The largest absolute Gasteiger partial charge is 0.444 e. The molecule has 0 unspecified atom stereocenters. The molecule has 0 bridgehead atoms. The number of carbonyl (C=O) groups excluding carboxylic acids is 1. The van der Waals surface area contributed by atoms with Gasteiger partial charge in [-0.1, -0.05) is 12.1 Å². The topological polar surface area (TPSA) is 88.8 Å². The molecule has 3 rings (SSSR count). The predicted octanol–water partition coefficient (Wildman–Crippen LogP) is 3.22. The van der Waals surface area contributed by atoms with Crippen LogP contribution in [0.1, 0.15) is 37.5 Å². The maximum absolute atomic E-state index is 11.8. The van der Waals surface area contributed by atoms with Gasteiger partial charge in [0, 0.05) is 18.3 Å². The molecule has 0 saturated carbocycles. The first-order chi connectivity index (χ1) is 12.8. The molecule has 1 aromatic carbocycles. The predicted molar refractivity (Wildman–Crippen MR) is 102 cm³/mol. The van der Waals surface area contributed by atoms with E-state index in [1.165, 1.54) is 6.33 Å². The molecule has 7 heteroatoms. The van der Waals surface area contributed by atoms with Gasteiger partial charge in [-0.15, -0.1) is 0 Å². The number of rotatable bonds is 4. The Balaban J connectivity index is 1.81. The molecule has 0 spiro atoms. The van der Waals surface area contributed by atoms with Crippen molar-refractivity contribution in [3.05, 3.63) is 53.5 Å². The van der Waals surface area contributed by atoms with Gasteiger partial charge in [-0.05, 0) is 56.5 Å². The van der Waals surface area contributed by atoms with E-state index in [0.29, 0.717) is 6.54 Å². The van der Waals surface area contributed by atoms with Crippen molar-refractivity contribution in [2.24, 2.45) is 0 Å². The second-order valence-corrected chi connectivity index (χ2v) is 7.44. The van der Waals surface area contributed by atoms with Gasteiger partial charge in [0.05, 0.1) is 17.8 Å². The van der Waals surface area contributed by atoms with Crippen molar-refractivity contribution in [2.45, 2.75) is 46.4 Å². The number of aromatic nitrogens is 3. The number of hydrogen-bond acceptors (Lipinski definition) is 5. The molecule has 2 heterocycles. The maximum Gasteiger partial charge on any atom is 0.407 e. The fraction of sp³-hybridized carbons (Fsp3) is 0.350. The van der Waals surface area contributed by atoms with Crippen LogP contribution in [-0.4, -0.2) is 31.4 Å². The van der Waals surface area contributed by atoms with Gasteiger partial charge in [-0.2, -0.15) is 5.10 Å². The van der Waals surface area contributed by atoms with Crippen molar-refractivity contribution < 1.29 is 14.6 Å². The lowest BCUT2D eigenvalue weighted by Crippen LogP contribution is -2.32. The van der Waals surface area contributed by atoms with Crippen molar-refractivity contribution in [3.8, 4) is 11.3 Å². The number of benzene rings is 1. The third kappa shape index (κ3) is 4.43. The quantitative estimate of drug-likeness (QED) is 0.738. The van der Waals surface area contributed by atoms with E-state index < -0.39 is 11.7 Å². The molecule has 7 nitrogen and oxygen atoms in total. The van der Waals surface area contributed by atoms with Gasteiger partial charge in [0.25, 0.3) is 0 Å². The second kappa shape index (κ2) is 7.36. The fourth-order valence-corrected chi connectivity index (χ4v) is 2.82. The highest BCUT2D eigenvalue weighted by Gasteiger charge is 2.16. The number of hydrogen-bond donors (Lipinski definition) is 2. The molecule has 0 aliphatic rings. The van der Waals surface area contributed by atoms with E-state index in [1.54, 1.807) is 10.7 Å². The Bertz CT molecular complexity index is 973. The Labute approximate surface area is 158 Å². The van der Waals surface area contributed by atoms with E-state index in [4.69, 9.17) is 4.74 Å². The smallest absolute Gasteiger partial charge is 0.407 e. The lowest BCUT2D eigenvalue weighted by molar-refractivity contribution is 0.0523. The molecule has 27 heavy (non-hydrogen) atoms. The minimum atomic E-state index is -0.522. The highest BCUT2D eigenvalue weighted by atomic mass is 16.6. The number of ether oxygens (including phenoxy) is 1. The molecule has 1 amide bonds. The third-order valence-corrected chi connectivity index (χ3v) is 4.08. The molecule has 0 aliphatic heterocycles. The van der Waals surface area contributed by atoms with Gasteiger partial charge in [-0.25, -0.2) is 14.3 Å². The Morgan fingerprint density at radius 1 is 1.30 bits per heavy atom. The van der Waals surface area contributed by atoms with Crippen LogP contribution < -0.4 is 5.32 Å². The summed E-state index contributed by atoms with van der Waals surface area (Å²) in [6.45, 7) is 7.83. The van der Waals surface area contributed by atoms with E-state index in [-0.39, 0.29) is 6.61 Å². The van der Waals surface area contributed by atoms with Crippen molar-refractivity contribution in [2.75, 3.05) is 0 Å². The lowest BCUT2D eigenvalue weighted by Gasteiger charge is -2.20. The number of aryl methyl sites for hydroxylation is 1. The summed E-state index contributed by atoms with van der Waals surface area (Å²) in [6, 6.07) is 7.84. The summed E-state index contributed by atoms with van der Waals surface area (Å²) in [4.78, 5) is 16.2. The highest BCUT2D eigenvalue weighted by Crippen LogP contribution is 2.25. The van der Waals surface area contributed by atoms with E-state index in [1.807, 2.05) is 52.0 Å². The lowest BCUT2D eigenvalue weighted by atomic mass is 10.0. The number of fused-ring (bicyclic) bond motifs is 1. The SMILES string of the molecule is Cc1cc(-c2ncnn3cc(CO)cc23)ccc1CNC(=O)OC(C)(C)C. The third-order valence-electron chi connectivity index (χ3n) is 4.08. The van der Waals surface area contributed by atoms with Gasteiger partial charge in [0.15, 0.2) is 0 Å². The van der Waals surface area contributed by atoms with Crippen LogP contribution in [0.5, 0.6) is 0 Å². The van der Waals surface area contributed by atoms with Crippen molar-refractivity contribution >= 4 is 11.6 Å². The summed E-state index contributed by atoms with van der Waals surface area (Å²) >= 11 is 0. The minimum absolute atomic E-state index is 0.0445. The fourth-order valence-electron chi connectivity index (χ4n) is 2.82. The van der Waals surface area contributed by atoms with E-state index in [0.717, 1.165) is 33.5 Å². The summed E-state index contributed by atoms with van der Waals surface area (Å²) < 4.78 is 6.97. The average molecular weight is 368 g/mol. The number of carbonyl (C=O) groups is 1. The number of nitrogens with one attached hydrogen (secondary N) is 1. The molecule has 0 saturated heterocycles. The van der Waals surface area contributed by atoms with Crippen LogP contribution in [0.25, 0.3) is 16.8 Å². The zero-order valence-electron chi connectivity index (χ0n) is 16.0. The second-order valence-electron chi connectivity index (χ2n) is 7.44. The molecule has 0 atom stereocenters. The van der Waals surface area contributed by atoms with E-state index in [2.05, 4.69) is 15.4 Å². The summed E-state index contributed by atoms with van der Waals surface area (Å²) in [5.74, 6) is 0. The molecule has 2 aromatic heterocycles. The van der Waals surface area contributed by atoms with Crippen molar-refractivity contribution in [1.82, 2.24) is 19.9 Å². The number of amides is 1. The molecular weight excluding hydrogens is 344 g/mol. The molecule has 142 valence electrons. The standard InChI is InChI=1S/C20H24N4O3/c1-13-7-15(5-6-16(13)9-21-19(26)27-20(2,3)4)18-17-8-14(11-25)10-24(17)23-12-22-18/h5-8,10,12,25H,9,11H2,1-4H3,(H,21,26). The monoisotopic (exact) mass is 368 g/mol. The van der Waals surface area contributed by atoms with Gasteiger partial charge >= 0.3 is 6.09 Å². The minimum Gasteiger partial charge on any atom is -0.444 e. The normalized spacial score (nSPS) is 11.6. The Morgan fingerprint density at radius 3 is 2.74 bits per heavy atom. The van der Waals surface area contributed by atoms with Gasteiger partial charge in [0.2, 0.25) is 0 Å². The van der Waals surface area contributed by atoms with Crippen molar-refractivity contribution in [1.29, 1.82) is 0 Å². The zero-order chi connectivity index (χ0) is 19.6. The maximum atomic E-state index is 11.8. The van der Waals surface area contributed by atoms with Crippen LogP contribution in [0, 0.1) is 6.92 Å². The summed E-state index contributed by atoms with van der Waals surface area (Å²) in [5, 5.41) is 16.3. The van der Waals surface area contributed by atoms with E-state index in [9.17, 15) is 9.90 Å². The van der Waals surface area contributed by atoms with Crippen molar-refractivity contribution in [3.63, 3.8) is 0 Å². The Kier molecular flexibility index (Phi) is 5.14. The van der Waals surface area contributed by atoms with Gasteiger partial charge in [0.1, 0.15) is 11.9 Å². The van der Waals surface area contributed by atoms with Crippen LogP contribution in [0.3, 0.4) is 0 Å². The molecule has 0 fully saturated rings. The molecule has 0 aliphatic carbocycles. The summed E-state index contributed by atoms with van der Waals surface area (Å²) in [6.07, 6.45) is 2.84. The zero-order valence-corrected chi connectivity index (χ0v) is 16.0. The van der Waals surface area contributed by atoms with Crippen LogP contribution in [0.15, 0.2) is 36.8 Å². The average Bonchev–Trinajstić information content (AvgIpc) is 3.02. The number of aliphatic hydroxyl groups excluding tert-OH is 1. The van der Waals surface area contributed by atoms with Crippen LogP contribution >= 0.6 is 0 Å².